The number of hydrogen-bond donors (Lipinski definition) is 1. The zero-order valence-electron chi connectivity index (χ0n) is 10.8. The highest BCUT2D eigenvalue weighted by Gasteiger charge is 2.24. The van der Waals surface area contributed by atoms with Gasteiger partial charge in [-0.25, -0.2) is 0 Å². The lowest BCUT2D eigenvalue weighted by molar-refractivity contribution is 0.286. The van der Waals surface area contributed by atoms with Crippen molar-refractivity contribution in [3.8, 4) is 12.3 Å². The first-order valence-corrected chi connectivity index (χ1v) is 6.86. The van der Waals surface area contributed by atoms with Gasteiger partial charge in [-0.1, -0.05) is 18.1 Å². The fourth-order valence-electron chi connectivity index (χ4n) is 2.67. The van der Waals surface area contributed by atoms with Crippen molar-refractivity contribution in [1.82, 2.24) is 4.90 Å². The molecular formula is C16H20N2. The highest BCUT2D eigenvalue weighted by molar-refractivity contribution is 5.57. The van der Waals surface area contributed by atoms with Crippen LogP contribution in [0.2, 0.25) is 0 Å². The molecule has 3 rings (SSSR count). The largest absolute Gasteiger partial charge is 0.384 e. The summed E-state index contributed by atoms with van der Waals surface area (Å²) in [4.78, 5) is 2.40. The molecule has 1 N–H and O–H groups in total. The van der Waals surface area contributed by atoms with E-state index in [1.54, 1.807) is 0 Å². The van der Waals surface area contributed by atoms with Crippen LogP contribution in [0.4, 0.5) is 5.69 Å². The van der Waals surface area contributed by atoms with Gasteiger partial charge >= 0.3 is 0 Å². The minimum absolute atomic E-state index is 0.765. The molecule has 0 atom stereocenters. The Morgan fingerprint density at radius 2 is 2.28 bits per heavy atom. The van der Waals surface area contributed by atoms with Crippen LogP contribution in [0.3, 0.4) is 0 Å². The first-order valence-electron chi connectivity index (χ1n) is 6.86. The van der Waals surface area contributed by atoms with Crippen LogP contribution in [-0.4, -0.2) is 24.5 Å². The van der Waals surface area contributed by atoms with Crippen molar-refractivity contribution < 1.29 is 0 Å². The van der Waals surface area contributed by atoms with E-state index in [9.17, 15) is 0 Å². The molecule has 0 radical (unpaired) electrons. The van der Waals surface area contributed by atoms with Crippen LogP contribution < -0.4 is 5.32 Å². The van der Waals surface area contributed by atoms with E-state index in [1.165, 1.54) is 29.7 Å². The highest BCUT2D eigenvalue weighted by Crippen LogP contribution is 2.30. The maximum atomic E-state index is 5.47. The summed E-state index contributed by atoms with van der Waals surface area (Å²) in [6.45, 7) is 3.99. The lowest BCUT2D eigenvalue weighted by atomic mass is 10.1. The van der Waals surface area contributed by atoms with E-state index in [0.717, 1.165) is 38.5 Å². The first kappa shape index (κ1) is 11.6. The van der Waals surface area contributed by atoms with Crippen molar-refractivity contribution in [2.75, 3.05) is 25.0 Å². The van der Waals surface area contributed by atoms with Gasteiger partial charge in [-0.3, -0.25) is 4.90 Å². The van der Waals surface area contributed by atoms with Crippen LogP contribution in [0.15, 0.2) is 18.2 Å². The quantitative estimate of drug-likeness (QED) is 0.796. The van der Waals surface area contributed by atoms with Crippen molar-refractivity contribution in [1.29, 1.82) is 0 Å². The molecule has 1 saturated carbocycles. The summed E-state index contributed by atoms with van der Waals surface area (Å²) in [5.41, 5.74) is 4.14. The SMILES string of the molecule is C#CCN(Cc1ccc2c(c1)NCC2)CC1CC1. The van der Waals surface area contributed by atoms with Crippen molar-refractivity contribution in [3.63, 3.8) is 0 Å². The standard InChI is InChI=1S/C16H20N2/c1-2-9-18(11-13-3-4-13)12-14-5-6-15-7-8-17-16(15)10-14/h1,5-6,10,13,17H,3-4,7-9,11-12H2. The molecule has 0 unspecified atom stereocenters. The van der Waals surface area contributed by atoms with Crippen LogP contribution >= 0.6 is 0 Å². The zero-order valence-corrected chi connectivity index (χ0v) is 10.8. The van der Waals surface area contributed by atoms with Crippen molar-refractivity contribution in [3.05, 3.63) is 29.3 Å². The number of benzene rings is 1. The number of nitrogens with zero attached hydrogens (tertiary/aromatic N) is 1. The predicted octanol–water partition coefficient (Wildman–Crippen LogP) is 2.50. The first-order chi connectivity index (χ1) is 8.85. The molecule has 1 aromatic carbocycles. The van der Waals surface area contributed by atoms with E-state index in [-0.39, 0.29) is 0 Å². The molecule has 1 aromatic rings. The third kappa shape index (κ3) is 2.68. The van der Waals surface area contributed by atoms with Crippen LogP contribution in [-0.2, 0) is 13.0 Å². The van der Waals surface area contributed by atoms with Gasteiger partial charge in [0, 0.05) is 25.3 Å². The average Bonchev–Trinajstić information content (AvgIpc) is 3.05. The van der Waals surface area contributed by atoms with Crippen molar-refractivity contribution in [2.24, 2.45) is 5.92 Å². The second-order valence-electron chi connectivity index (χ2n) is 5.49. The summed E-state index contributed by atoms with van der Waals surface area (Å²) >= 11 is 0. The molecule has 1 aliphatic heterocycles. The molecule has 0 aromatic heterocycles. The summed E-state index contributed by atoms with van der Waals surface area (Å²) < 4.78 is 0. The molecule has 0 bridgehead atoms. The minimum Gasteiger partial charge on any atom is -0.384 e. The Morgan fingerprint density at radius 3 is 3.06 bits per heavy atom. The maximum Gasteiger partial charge on any atom is 0.0601 e. The molecule has 94 valence electrons. The second kappa shape index (κ2) is 5.04. The van der Waals surface area contributed by atoms with Gasteiger partial charge in [0.15, 0.2) is 0 Å². The monoisotopic (exact) mass is 240 g/mol. The van der Waals surface area contributed by atoms with Gasteiger partial charge in [-0.15, -0.1) is 6.42 Å². The van der Waals surface area contributed by atoms with Gasteiger partial charge in [0.1, 0.15) is 0 Å². The molecule has 18 heavy (non-hydrogen) atoms. The Balaban J connectivity index is 1.67. The Bertz CT molecular complexity index is 468. The van der Waals surface area contributed by atoms with Gasteiger partial charge < -0.3 is 5.32 Å². The van der Waals surface area contributed by atoms with Gasteiger partial charge in [0.2, 0.25) is 0 Å². The Morgan fingerprint density at radius 1 is 1.39 bits per heavy atom. The fourth-order valence-corrected chi connectivity index (χ4v) is 2.67. The summed E-state index contributed by atoms with van der Waals surface area (Å²) in [7, 11) is 0. The normalized spacial score (nSPS) is 17.3. The van der Waals surface area contributed by atoms with Gasteiger partial charge in [0.05, 0.1) is 6.54 Å². The molecule has 0 amide bonds. The van der Waals surface area contributed by atoms with Crippen LogP contribution in [0.1, 0.15) is 24.0 Å². The van der Waals surface area contributed by atoms with Crippen LogP contribution in [0.5, 0.6) is 0 Å². The Labute approximate surface area is 109 Å². The molecule has 2 heteroatoms. The summed E-state index contributed by atoms with van der Waals surface area (Å²) in [6.07, 6.45) is 9.39. The Kier molecular flexibility index (Phi) is 3.25. The van der Waals surface area contributed by atoms with Crippen molar-refractivity contribution >= 4 is 5.69 Å². The number of hydrogen-bond acceptors (Lipinski definition) is 2. The van der Waals surface area contributed by atoms with E-state index in [4.69, 9.17) is 6.42 Å². The van der Waals surface area contributed by atoms with Crippen LogP contribution in [0.25, 0.3) is 0 Å². The lowest BCUT2D eigenvalue weighted by Crippen LogP contribution is -2.26. The molecule has 1 heterocycles. The molecule has 1 fully saturated rings. The van der Waals surface area contributed by atoms with Gasteiger partial charge in [-0.05, 0) is 42.4 Å². The molecule has 1 aliphatic carbocycles. The number of rotatable bonds is 5. The number of terminal acetylenes is 1. The van der Waals surface area contributed by atoms with E-state index in [1.807, 2.05) is 0 Å². The van der Waals surface area contributed by atoms with Gasteiger partial charge in [-0.2, -0.15) is 0 Å². The highest BCUT2D eigenvalue weighted by atomic mass is 15.1. The van der Waals surface area contributed by atoms with Gasteiger partial charge in [0.25, 0.3) is 0 Å². The van der Waals surface area contributed by atoms with Crippen LogP contribution in [0, 0.1) is 18.3 Å². The summed E-state index contributed by atoms with van der Waals surface area (Å²) in [6, 6.07) is 6.80. The average molecular weight is 240 g/mol. The van der Waals surface area contributed by atoms with E-state index in [2.05, 4.69) is 34.3 Å². The van der Waals surface area contributed by atoms with E-state index >= 15 is 0 Å². The third-order valence-corrected chi connectivity index (χ3v) is 3.82. The lowest BCUT2D eigenvalue weighted by Gasteiger charge is -2.20. The molecule has 2 aliphatic rings. The predicted molar refractivity (Wildman–Crippen MR) is 75.5 cm³/mol. The topological polar surface area (TPSA) is 15.3 Å². The summed E-state index contributed by atoms with van der Waals surface area (Å²) in [5, 5.41) is 3.44. The molecular weight excluding hydrogens is 220 g/mol. The van der Waals surface area contributed by atoms with Crippen molar-refractivity contribution in [2.45, 2.75) is 25.8 Å². The molecule has 0 spiro atoms. The second-order valence-corrected chi connectivity index (χ2v) is 5.49. The van der Waals surface area contributed by atoms with E-state index in [0.29, 0.717) is 0 Å². The number of anilines is 1. The third-order valence-electron chi connectivity index (χ3n) is 3.82. The minimum atomic E-state index is 0.765. The fraction of sp³-hybridized carbons (Fsp3) is 0.500. The smallest absolute Gasteiger partial charge is 0.0601 e. The summed E-state index contributed by atoms with van der Waals surface area (Å²) in [5.74, 6) is 3.68. The maximum absolute atomic E-state index is 5.47. The number of fused-ring (bicyclic) bond motifs is 1. The Hall–Kier alpha value is -1.46. The molecule has 2 nitrogen and oxygen atoms in total. The zero-order chi connectivity index (χ0) is 12.4. The molecule has 0 saturated heterocycles. The number of nitrogens with one attached hydrogen (secondary N) is 1. The van der Waals surface area contributed by atoms with E-state index < -0.39 is 0 Å².